The number of amides is 2. The molecule has 2 aliphatic heterocycles. The number of halogens is 1. The van der Waals surface area contributed by atoms with Crippen molar-refractivity contribution >= 4 is 17.5 Å². The zero-order valence-electron chi connectivity index (χ0n) is 17.8. The van der Waals surface area contributed by atoms with Gasteiger partial charge in [-0.15, -0.1) is 0 Å². The summed E-state index contributed by atoms with van der Waals surface area (Å²) in [6, 6.07) is 4.78. The number of aryl methyl sites for hydroxylation is 1. The number of hydrogen-bond acceptors (Lipinski definition) is 4. The molecule has 2 aliphatic rings. The molecule has 0 bridgehead atoms. The highest BCUT2D eigenvalue weighted by atomic mass is 19.1. The molecule has 29 heavy (non-hydrogen) atoms. The predicted octanol–water partition coefficient (Wildman–Crippen LogP) is 2.19. The van der Waals surface area contributed by atoms with Crippen LogP contribution >= 0.6 is 0 Å². The van der Waals surface area contributed by atoms with Crippen LogP contribution in [-0.4, -0.2) is 78.9 Å². The summed E-state index contributed by atoms with van der Waals surface area (Å²) in [5.41, 5.74) is 1.04. The molecule has 3 rings (SSSR count). The van der Waals surface area contributed by atoms with Gasteiger partial charge in [-0.3, -0.25) is 19.4 Å². The van der Waals surface area contributed by atoms with Crippen molar-refractivity contribution in [3.8, 4) is 0 Å². The third-order valence-electron chi connectivity index (χ3n) is 5.81. The normalized spacial score (nSPS) is 23.8. The maximum Gasteiger partial charge on any atom is 0.238 e. The van der Waals surface area contributed by atoms with Gasteiger partial charge in [-0.2, -0.15) is 0 Å². The van der Waals surface area contributed by atoms with E-state index in [0.29, 0.717) is 18.4 Å². The summed E-state index contributed by atoms with van der Waals surface area (Å²) in [6.07, 6.45) is 1.19. The Hall–Kier alpha value is -1.99. The Morgan fingerprint density at radius 3 is 2.21 bits per heavy atom. The molecule has 2 saturated heterocycles. The van der Waals surface area contributed by atoms with Gasteiger partial charge in [0.25, 0.3) is 0 Å². The molecule has 2 fully saturated rings. The maximum absolute atomic E-state index is 13.9. The molecule has 0 aromatic heterocycles. The molecule has 2 amide bonds. The number of rotatable bonds is 5. The molecule has 0 spiro atoms. The summed E-state index contributed by atoms with van der Waals surface area (Å²) in [4.78, 5) is 31.1. The Morgan fingerprint density at radius 1 is 1.03 bits per heavy atom. The van der Waals surface area contributed by atoms with Crippen LogP contribution in [0.3, 0.4) is 0 Å². The second-order valence-corrected chi connectivity index (χ2v) is 8.83. The van der Waals surface area contributed by atoms with Crippen LogP contribution in [0.2, 0.25) is 0 Å². The summed E-state index contributed by atoms with van der Waals surface area (Å²) < 4.78 is 13.9. The van der Waals surface area contributed by atoms with E-state index in [-0.39, 0.29) is 24.0 Å². The van der Waals surface area contributed by atoms with Gasteiger partial charge in [-0.1, -0.05) is 19.9 Å². The molecule has 1 aromatic carbocycles. The van der Waals surface area contributed by atoms with Crippen LogP contribution in [0.4, 0.5) is 10.1 Å². The fourth-order valence-corrected chi connectivity index (χ4v) is 4.38. The van der Waals surface area contributed by atoms with E-state index in [1.807, 2.05) is 16.7 Å². The second kappa shape index (κ2) is 9.67. The summed E-state index contributed by atoms with van der Waals surface area (Å²) in [5.74, 6) is 0.717. The molecule has 2 heterocycles. The summed E-state index contributed by atoms with van der Waals surface area (Å²) in [6.45, 7) is 11.6. The predicted molar refractivity (Wildman–Crippen MR) is 112 cm³/mol. The number of carbonyl (C=O) groups is 2. The monoisotopic (exact) mass is 404 g/mol. The van der Waals surface area contributed by atoms with Gasteiger partial charge < -0.3 is 10.2 Å². The SMILES string of the molecule is Cc1ccc(NC(=O)CN2CCN(CC(=O)N3C[C@@H](C)C[C@H](C)C3)CC2)c(F)c1. The van der Waals surface area contributed by atoms with Crippen molar-refractivity contribution in [1.82, 2.24) is 14.7 Å². The van der Waals surface area contributed by atoms with Gasteiger partial charge in [0.1, 0.15) is 5.82 Å². The van der Waals surface area contributed by atoms with E-state index in [1.165, 1.54) is 12.5 Å². The highest BCUT2D eigenvalue weighted by Gasteiger charge is 2.27. The lowest BCUT2D eigenvalue weighted by atomic mass is 9.92. The van der Waals surface area contributed by atoms with Gasteiger partial charge in [-0.25, -0.2) is 4.39 Å². The first-order valence-corrected chi connectivity index (χ1v) is 10.6. The highest BCUT2D eigenvalue weighted by molar-refractivity contribution is 5.92. The quantitative estimate of drug-likeness (QED) is 0.818. The zero-order valence-corrected chi connectivity index (χ0v) is 17.8. The van der Waals surface area contributed by atoms with Crippen LogP contribution in [0.15, 0.2) is 18.2 Å². The Labute approximate surface area is 173 Å². The van der Waals surface area contributed by atoms with Crippen molar-refractivity contribution in [1.29, 1.82) is 0 Å². The molecule has 0 radical (unpaired) electrons. The molecule has 0 saturated carbocycles. The van der Waals surface area contributed by atoms with Crippen molar-refractivity contribution in [2.45, 2.75) is 27.2 Å². The minimum absolute atomic E-state index is 0.212. The molecule has 1 aromatic rings. The van der Waals surface area contributed by atoms with E-state index in [0.717, 1.165) is 44.8 Å². The average Bonchev–Trinajstić information content (AvgIpc) is 2.65. The number of hydrogen-bond donors (Lipinski definition) is 1. The summed E-state index contributed by atoms with van der Waals surface area (Å²) in [7, 11) is 0. The van der Waals surface area contributed by atoms with Gasteiger partial charge in [0, 0.05) is 39.3 Å². The van der Waals surface area contributed by atoms with Gasteiger partial charge in [0.05, 0.1) is 18.8 Å². The molecule has 0 unspecified atom stereocenters. The van der Waals surface area contributed by atoms with Crippen LogP contribution in [0.25, 0.3) is 0 Å². The lowest BCUT2D eigenvalue weighted by Crippen LogP contribution is -2.52. The summed E-state index contributed by atoms with van der Waals surface area (Å²) in [5, 5.41) is 2.65. The third kappa shape index (κ3) is 6.24. The number of carbonyl (C=O) groups excluding carboxylic acids is 2. The number of piperidine rings is 1. The number of benzene rings is 1. The molecular formula is C22H33FN4O2. The van der Waals surface area contributed by atoms with Gasteiger partial charge in [-0.05, 0) is 42.9 Å². The number of piperazine rings is 1. The number of nitrogens with one attached hydrogen (secondary N) is 1. The smallest absolute Gasteiger partial charge is 0.238 e. The molecule has 7 heteroatoms. The first-order chi connectivity index (χ1) is 13.8. The van der Waals surface area contributed by atoms with E-state index in [4.69, 9.17) is 0 Å². The topological polar surface area (TPSA) is 55.9 Å². The van der Waals surface area contributed by atoms with Crippen molar-refractivity contribution < 1.29 is 14.0 Å². The molecule has 6 nitrogen and oxygen atoms in total. The van der Waals surface area contributed by atoms with Crippen molar-refractivity contribution in [3.05, 3.63) is 29.6 Å². The standard InChI is InChI=1S/C22H33FN4O2/c1-16-4-5-20(19(23)11-16)24-21(28)14-25-6-8-26(9-7-25)15-22(29)27-12-17(2)10-18(3)13-27/h4-5,11,17-18H,6-10,12-15H2,1-3H3,(H,24,28)/t17-,18-/m0/s1. The Morgan fingerprint density at radius 2 is 1.62 bits per heavy atom. The first kappa shape index (κ1) is 21.7. The van der Waals surface area contributed by atoms with Crippen molar-refractivity contribution in [2.75, 3.05) is 57.7 Å². The molecular weight excluding hydrogens is 371 g/mol. The van der Waals surface area contributed by atoms with E-state index in [2.05, 4.69) is 24.1 Å². The van der Waals surface area contributed by atoms with Gasteiger partial charge >= 0.3 is 0 Å². The van der Waals surface area contributed by atoms with Gasteiger partial charge in [0.15, 0.2) is 0 Å². The van der Waals surface area contributed by atoms with Crippen molar-refractivity contribution in [3.63, 3.8) is 0 Å². The van der Waals surface area contributed by atoms with E-state index >= 15 is 0 Å². The Kier molecular flexibility index (Phi) is 7.24. The minimum Gasteiger partial charge on any atom is -0.341 e. The third-order valence-corrected chi connectivity index (χ3v) is 5.81. The van der Waals surface area contributed by atoms with Gasteiger partial charge in [0.2, 0.25) is 11.8 Å². The van der Waals surface area contributed by atoms with Crippen LogP contribution in [0.5, 0.6) is 0 Å². The maximum atomic E-state index is 13.9. The lowest BCUT2D eigenvalue weighted by molar-refractivity contribution is -0.135. The fraction of sp³-hybridized carbons (Fsp3) is 0.636. The molecule has 1 N–H and O–H groups in total. The zero-order chi connectivity index (χ0) is 21.0. The van der Waals surface area contributed by atoms with Crippen LogP contribution in [0, 0.1) is 24.6 Å². The van der Waals surface area contributed by atoms with Crippen LogP contribution < -0.4 is 5.32 Å². The fourth-order valence-electron chi connectivity index (χ4n) is 4.38. The number of likely N-dealkylation sites (tertiary alicyclic amines) is 1. The number of nitrogens with zero attached hydrogens (tertiary/aromatic N) is 3. The number of anilines is 1. The summed E-state index contributed by atoms with van der Waals surface area (Å²) >= 11 is 0. The average molecular weight is 405 g/mol. The first-order valence-electron chi connectivity index (χ1n) is 10.6. The van der Waals surface area contributed by atoms with Crippen LogP contribution in [-0.2, 0) is 9.59 Å². The van der Waals surface area contributed by atoms with E-state index < -0.39 is 5.82 Å². The van der Waals surface area contributed by atoms with Crippen LogP contribution in [0.1, 0.15) is 25.8 Å². The molecule has 2 atom stereocenters. The molecule has 0 aliphatic carbocycles. The van der Waals surface area contributed by atoms with E-state index in [1.54, 1.807) is 12.1 Å². The second-order valence-electron chi connectivity index (χ2n) is 8.83. The van der Waals surface area contributed by atoms with E-state index in [9.17, 15) is 14.0 Å². The largest absolute Gasteiger partial charge is 0.341 e. The van der Waals surface area contributed by atoms with Crippen molar-refractivity contribution in [2.24, 2.45) is 11.8 Å². The minimum atomic E-state index is -0.414. The lowest BCUT2D eigenvalue weighted by Gasteiger charge is -2.38. The Balaban J connectivity index is 1.41. The molecule has 160 valence electrons. The Bertz CT molecular complexity index is 724. The highest BCUT2D eigenvalue weighted by Crippen LogP contribution is 2.21.